The molecule has 0 spiro atoms. The zero-order valence-electron chi connectivity index (χ0n) is 9.72. The Morgan fingerprint density at radius 1 is 1.33 bits per heavy atom. The van der Waals surface area contributed by atoms with E-state index in [9.17, 15) is 0 Å². The number of hydrogen-bond donors (Lipinski definition) is 0. The van der Waals surface area contributed by atoms with Gasteiger partial charge in [-0.3, -0.25) is 4.68 Å². The van der Waals surface area contributed by atoms with E-state index in [2.05, 4.69) is 23.9 Å². The second kappa shape index (κ2) is 3.06. The van der Waals surface area contributed by atoms with Gasteiger partial charge in [-0.1, -0.05) is 13.8 Å². The van der Waals surface area contributed by atoms with Crippen molar-refractivity contribution in [2.75, 3.05) is 0 Å². The number of nitrogens with zero attached hydrogens (tertiary/aromatic N) is 3. The molecule has 2 aliphatic rings. The third-order valence-corrected chi connectivity index (χ3v) is 4.34. The topological polar surface area (TPSA) is 30.7 Å². The zero-order valence-corrected chi connectivity index (χ0v) is 9.72. The highest BCUT2D eigenvalue weighted by Crippen LogP contribution is 2.65. The summed E-state index contributed by atoms with van der Waals surface area (Å²) < 4.78 is 1.82. The fourth-order valence-corrected chi connectivity index (χ4v) is 3.32. The van der Waals surface area contributed by atoms with E-state index >= 15 is 0 Å². The maximum absolute atomic E-state index is 4.43. The van der Waals surface area contributed by atoms with Gasteiger partial charge in [0.1, 0.15) is 6.33 Å². The molecule has 2 atom stereocenters. The molecule has 82 valence electrons. The highest BCUT2D eigenvalue weighted by atomic mass is 15.3. The summed E-state index contributed by atoms with van der Waals surface area (Å²) in [7, 11) is 1.95. The van der Waals surface area contributed by atoms with Crippen LogP contribution in [0.25, 0.3) is 0 Å². The first-order chi connectivity index (χ1) is 7.16. The maximum Gasteiger partial charge on any atom is 0.154 e. The Hall–Kier alpha value is -0.860. The number of rotatable bonds is 2. The van der Waals surface area contributed by atoms with Crippen molar-refractivity contribution < 1.29 is 0 Å². The predicted octanol–water partition coefficient (Wildman–Crippen LogP) is 2.21. The van der Waals surface area contributed by atoms with Crippen LogP contribution in [0.15, 0.2) is 6.33 Å². The van der Waals surface area contributed by atoms with Crippen LogP contribution >= 0.6 is 0 Å². The lowest BCUT2D eigenvalue weighted by Gasteiger charge is -2.16. The molecular formula is C12H19N3. The van der Waals surface area contributed by atoms with Crippen molar-refractivity contribution in [3.63, 3.8) is 0 Å². The lowest BCUT2D eigenvalue weighted by Crippen LogP contribution is -2.08. The molecule has 3 rings (SSSR count). The Morgan fingerprint density at radius 3 is 2.47 bits per heavy atom. The van der Waals surface area contributed by atoms with Crippen molar-refractivity contribution in [3.05, 3.63) is 12.2 Å². The quantitative estimate of drug-likeness (QED) is 0.741. The monoisotopic (exact) mass is 205 g/mol. The van der Waals surface area contributed by atoms with Gasteiger partial charge < -0.3 is 0 Å². The summed E-state index contributed by atoms with van der Waals surface area (Å²) in [4.78, 5) is 4.38. The predicted molar refractivity (Wildman–Crippen MR) is 58.3 cm³/mol. The molecule has 1 aromatic heterocycles. The molecule has 0 aromatic carbocycles. The van der Waals surface area contributed by atoms with Gasteiger partial charge in [-0.05, 0) is 36.5 Å². The molecule has 0 radical (unpaired) electrons. The van der Waals surface area contributed by atoms with Crippen molar-refractivity contribution in [1.82, 2.24) is 14.8 Å². The lowest BCUT2D eigenvalue weighted by atomic mass is 9.89. The standard InChI is InChI=1S/C12H19N3/c1-7(2)8-4-9-10(5-8)11(9)12-13-6-15(3)14-12/h6-11H,4-5H2,1-3H3. The van der Waals surface area contributed by atoms with Gasteiger partial charge in [-0.25, -0.2) is 4.98 Å². The molecule has 0 amide bonds. The van der Waals surface area contributed by atoms with Crippen molar-refractivity contribution in [2.24, 2.45) is 30.7 Å². The van der Waals surface area contributed by atoms with E-state index in [1.165, 1.54) is 12.8 Å². The zero-order chi connectivity index (χ0) is 10.6. The summed E-state index contributed by atoms with van der Waals surface area (Å²) >= 11 is 0. The van der Waals surface area contributed by atoms with Crippen LogP contribution in [0.2, 0.25) is 0 Å². The van der Waals surface area contributed by atoms with Crippen molar-refractivity contribution in [3.8, 4) is 0 Å². The van der Waals surface area contributed by atoms with Crippen LogP contribution in [0.4, 0.5) is 0 Å². The Bertz CT molecular complexity index is 357. The van der Waals surface area contributed by atoms with E-state index in [4.69, 9.17) is 0 Å². The first kappa shape index (κ1) is 9.37. The second-order valence-corrected chi connectivity index (χ2v) is 5.61. The van der Waals surface area contributed by atoms with Gasteiger partial charge >= 0.3 is 0 Å². The smallest absolute Gasteiger partial charge is 0.154 e. The summed E-state index contributed by atoms with van der Waals surface area (Å²) in [6, 6.07) is 0. The summed E-state index contributed by atoms with van der Waals surface area (Å²) in [5.41, 5.74) is 0. The molecule has 2 fully saturated rings. The molecule has 0 N–H and O–H groups in total. The van der Waals surface area contributed by atoms with Crippen molar-refractivity contribution in [2.45, 2.75) is 32.6 Å². The first-order valence-electron chi connectivity index (χ1n) is 6.02. The molecule has 1 aromatic rings. The van der Waals surface area contributed by atoms with E-state index in [0.717, 1.165) is 29.5 Å². The van der Waals surface area contributed by atoms with Gasteiger partial charge in [0.25, 0.3) is 0 Å². The fraction of sp³-hybridized carbons (Fsp3) is 0.833. The average molecular weight is 205 g/mol. The van der Waals surface area contributed by atoms with Crippen LogP contribution in [0.1, 0.15) is 38.4 Å². The van der Waals surface area contributed by atoms with Crippen LogP contribution in [0, 0.1) is 23.7 Å². The molecule has 0 bridgehead atoms. The minimum Gasteiger partial charge on any atom is -0.256 e. The molecule has 2 aliphatic carbocycles. The normalized spacial score (nSPS) is 38.4. The molecule has 2 unspecified atom stereocenters. The van der Waals surface area contributed by atoms with Crippen molar-refractivity contribution in [1.29, 1.82) is 0 Å². The minimum atomic E-state index is 0.696. The van der Waals surface area contributed by atoms with Crippen molar-refractivity contribution >= 4 is 0 Å². The number of aryl methyl sites for hydroxylation is 1. The summed E-state index contributed by atoms with van der Waals surface area (Å²) in [5, 5.41) is 4.43. The van der Waals surface area contributed by atoms with Crippen LogP contribution in [0.3, 0.4) is 0 Å². The van der Waals surface area contributed by atoms with Gasteiger partial charge in [0.05, 0.1) is 0 Å². The number of hydrogen-bond acceptors (Lipinski definition) is 2. The lowest BCUT2D eigenvalue weighted by molar-refractivity contribution is 0.351. The van der Waals surface area contributed by atoms with E-state index in [-0.39, 0.29) is 0 Å². The summed E-state index contributed by atoms with van der Waals surface area (Å²) in [6.45, 7) is 4.70. The first-order valence-corrected chi connectivity index (χ1v) is 6.02. The van der Waals surface area contributed by atoms with Crippen LogP contribution in [-0.4, -0.2) is 14.8 Å². The molecule has 2 saturated carbocycles. The molecule has 0 aliphatic heterocycles. The van der Waals surface area contributed by atoms with E-state index in [0.29, 0.717) is 5.92 Å². The Kier molecular flexibility index (Phi) is 1.91. The third-order valence-electron chi connectivity index (χ3n) is 4.34. The fourth-order valence-electron chi connectivity index (χ4n) is 3.32. The average Bonchev–Trinajstić information content (AvgIpc) is 2.62. The second-order valence-electron chi connectivity index (χ2n) is 5.61. The minimum absolute atomic E-state index is 0.696. The Balaban J connectivity index is 1.68. The Labute approximate surface area is 90.9 Å². The highest BCUT2D eigenvalue weighted by Gasteiger charge is 2.58. The van der Waals surface area contributed by atoms with Gasteiger partial charge in [-0.2, -0.15) is 5.10 Å². The van der Waals surface area contributed by atoms with Gasteiger partial charge in [0.15, 0.2) is 5.82 Å². The molecule has 3 nitrogen and oxygen atoms in total. The molecule has 0 saturated heterocycles. The number of fused-ring (bicyclic) bond motifs is 1. The third kappa shape index (κ3) is 1.40. The largest absolute Gasteiger partial charge is 0.256 e. The van der Waals surface area contributed by atoms with Gasteiger partial charge in [0, 0.05) is 13.0 Å². The van der Waals surface area contributed by atoms with Crippen LogP contribution in [0.5, 0.6) is 0 Å². The number of aromatic nitrogens is 3. The molecule has 3 heteroatoms. The Morgan fingerprint density at radius 2 is 2.00 bits per heavy atom. The van der Waals surface area contributed by atoms with E-state index in [1.54, 1.807) is 0 Å². The van der Waals surface area contributed by atoms with Crippen LogP contribution < -0.4 is 0 Å². The van der Waals surface area contributed by atoms with Crippen LogP contribution in [-0.2, 0) is 7.05 Å². The SMILES string of the molecule is CC(C)C1CC2C(C1)C2c1ncn(C)n1. The van der Waals surface area contributed by atoms with E-state index in [1.807, 2.05) is 18.1 Å². The van der Waals surface area contributed by atoms with E-state index < -0.39 is 0 Å². The summed E-state index contributed by atoms with van der Waals surface area (Å²) in [5.74, 6) is 5.41. The van der Waals surface area contributed by atoms with Gasteiger partial charge in [0.2, 0.25) is 0 Å². The van der Waals surface area contributed by atoms with Gasteiger partial charge in [-0.15, -0.1) is 0 Å². The summed E-state index contributed by atoms with van der Waals surface area (Å²) in [6.07, 6.45) is 4.64. The molecular weight excluding hydrogens is 186 g/mol. The highest BCUT2D eigenvalue weighted by molar-refractivity contribution is 5.18. The maximum atomic E-state index is 4.43. The molecule has 15 heavy (non-hydrogen) atoms. The molecule has 1 heterocycles.